The molecule has 0 aromatic heterocycles. The summed E-state index contributed by atoms with van der Waals surface area (Å²) in [4.78, 5) is 37.3. The summed E-state index contributed by atoms with van der Waals surface area (Å²) in [7, 11) is 0. The molecule has 2 aromatic rings. The molecule has 3 unspecified atom stereocenters. The van der Waals surface area contributed by atoms with Gasteiger partial charge in [-0.3, -0.25) is 4.79 Å². The third-order valence-corrected chi connectivity index (χ3v) is 16.4. The van der Waals surface area contributed by atoms with Crippen molar-refractivity contribution in [3.05, 3.63) is 83.4 Å². The van der Waals surface area contributed by atoms with Gasteiger partial charge in [-0.1, -0.05) is 65.0 Å². The van der Waals surface area contributed by atoms with E-state index in [2.05, 4.69) is 64.8 Å². The highest BCUT2D eigenvalue weighted by molar-refractivity contribution is 5.89. The topological polar surface area (TPSA) is 116 Å². The molecule has 4 N–H and O–H groups in total. The molecule has 53 heavy (non-hydrogen) atoms. The highest BCUT2D eigenvalue weighted by Gasteiger charge is 2.71. The number of fused-ring (bicyclic) bond motifs is 7. The fraction of sp³-hybridized carbons (Fsp3) is 0.587. The van der Waals surface area contributed by atoms with Gasteiger partial charge >= 0.3 is 11.9 Å². The Hall–Kier alpha value is -3.87. The predicted molar refractivity (Wildman–Crippen MR) is 211 cm³/mol. The molecule has 4 fully saturated rings. The molecule has 5 aliphatic carbocycles. The average Bonchev–Trinajstić information content (AvgIpc) is 3.52. The van der Waals surface area contributed by atoms with Crippen molar-refractivity contribution >= 4 is 29.1 Å². The second-order valence-corrected chi connectivity index (χ2v) is 18.8. The summed E-state index contributed by atoms with van der Waals surface area (Å²) in [5.41, 5.74) is 5.19. The fourth-order valence-electron chi connectivity index (χ4n) is 13.7. The Labute approximate surface area is 316 Å². The maximum absolute atomic E-state index is 14.5. The highest BCUT2D eigenvalue weighted by Crippen LogP contribution is 2.77. The van der Waals surface area contributed by atoms with Crippen molar-refractivity contribution in [1.82, 2.24) is 5.32 Å². The number of amides is 1. The molecule has 0 saturated heterocycles. The number of carbonyl (C=O) groups excluding carboxylic acids is 1. The first kappa shape index (κ1) is 37.4. The minimum atomic E-state index is -0.942. The predicted octanol–water partition coefficient (Wildman–Crippen LogP) is 9.96. The Morgan fingerprint density at radius 3 is 2.02 bits per heavy atom. The number of carboxylic acid groups (broad SMARTS) is 2. The van der Waals surface area contributed by atoms with Crippen molar-refractivity contribution in [3.63, 3.8) is 0 Å². The van der Waals surface area contributed by atoms with Gasteiger partial charge in [-0.15, -0.1) is 0 Å². The van der Waals surface area contributed by atoms with Gasteiger partial charge in [-0.2, -0.15) is 0 Å². The lowest BCUT2D eigenvalue weighted by Crippen LogP contribution is -2.66. The summed E-state index contributed by atoms with van der Waals surface area (Å²) in [6.07, 6.45) is 12.2. The first-order valence-corrected chi connectivity index (χ1v) is 20.0. The SMILES string of the molecule is C=C(C)[C@@H]1CC[C@]2(C(=O)NCCNc3ccc(C(=O)O)cc3)CC[C@]3(C)[C@H](CCC4[C@@]5(C)CC=C(c6ccc(C(=O)O)cc6)C(C)(C)C5CC[C@]43C)C12. The molecule has 2 aromatic carbocycles. The summed E-state index contributed by atoms with van der Waals surface area (Å²) in [5, 5.41) is 25.4. The third-order valence-electron chi connectivity index (χ3n) is 16.4. The van der Waals surface area contributed by atoms with Crippen LogP contribution in [0, 0.1) is 56.7 Å². The first-order chi connectivity index (χ1) is 25.0. The summed E-state index contributed by atoms with van der Waals surface area (Å²) in [6, 6.07) is 14.2. The molecule has 0 bridgehead atoms. The number of benzene rings is 2. The fourth-order valence-corrected chi connectivity index (χ4v) is 13.7. The molecule has 7 heteroatoms. The Kier molecular flexibility index (Phi) is 9.30. The van der Waals surface area contributed by atoms with E-state index in [0.717, 1.165) is 49.8 Å². The zero-order chi connectivity index (χ0) is 38.1. The lowest BCUT2D eigenvalue weighted by Gasteiger charge is -2.72. The van der Waals surface area contributed by atoms with Crippen LogP contribution in [-0.2, 0) is 4.79 Å². The standard InChI is InChI=1S/C46H60N2O5/c1-28(2)33-18-23-46(41(53)48-27-26-47-32-14-12-31(13-15-32)40(51)52)25-24-44(6)35(38(33)46)16-17-37-43(5)21-19-34(29-8-10-30(11-9-29)39(49)50)42(3,4)36(43)20-22-45(37,44)7/h8-15,19,33,35-38,47H,1,16-18,20-27H2,2-7H3,(H,48,53)(H,49,50)(H,51,52)/t33-,35+,36?,37?,38?,43-,44+,45+,46-/m0/s1. The molecule has 284 valence electrons. The Morgan fingerprint density at radius 1 is 0.755 bits per heavy atom. The van der Waals surface area contributed by atoms with Crippen LogP contribution in [0.2, 0.25) is 0 Å². The van der Waals surface area contributed by atoms with E-state index < -0.39 is 11.9 Å². The average molecular weight is 721 g/mol. The summed E-state index contributed by atoms with van der Waals surface area (Å²) >= 11 is 0. The summed E-state index contributed by atoms with van der Waals surface area (Å²) in [6.45, 7) is 20.5. The molecule has 7 rings (SSSR count). The van der Waals surface area contributed by atoms with E-state index in [9.17, 15) is 24.6 Å². The van der Waals surface area contributed by atoms with Gasteiger partial charge in [-0.25, -0.2) is 9.59 Å². The molecule has 0 spiro atoms. The molecule has 0 radical (unpaired) electrons. The molecule has 0 heterocycles. The number of carboxylic acids is 2. The van der Waals surface area contributed by atoms with E-state index in [-0.39, 0.29) is 38.5 Å². The van der Waals surface area contributed by atoms with Crippen LogP contribution >= 0.6 is 0 Å². The Bertz CT molecular complexity index is 1830. The number of aromatic carboxylic acids is 2. The molecule has 5 aliphatic rings. The van der Waals surface area contributed by atoms with E-state index in [1.807, 2.05) is 12.1 Å². The van der Waals surface area contributed by atoms with Gasteiger partial charge in [0.05, 0.1) is 16.5 Å². The van der Waals surface area contributed by atoms with Crippen LogP contribution < -0.4 is 10.6 Å². The minimum Gasteiger partial charge on any atom is -0.478 e. The quantitative estimate of drug-likeness (QED) is 0.151. The van der Waals surface area contributed by atoms with Gasteiger partial charge in [0.25, 0.3) is 0 Å². The smallest absolute Gasteiger partial charge is 0.335 e. The van der Waals surface area contributed by atoms with Crippen LogP contribution in [0.3, 0.4) is 0 Å². The zero-order valence-corrected chi connectivity index (χ0v) is 32.7. The van der Waals surface area contributed by atoms with Crippen molar-refractivity contribution < 1.29 is 24.6 Å². The number of allylic oxidation sites excluding steroid dienone is 3. The van der Waals surface area contributed by atoms with Crippen molar-refractivity contribution in [2.75, 3.05) is 18.4 Å². The van der Waals surface area contributed by atoms with Gasteiger partial charge < -0.3 is 20.8 Å². The number of hydrogen-bond donors (Lipinski definition) is 4. The number of carbonyl (C=O) groups is 3. The van der Waals surface area contributed by atoms with Crippen LogP contribution in [0.15, 0.2) is 66.8 Å². The van der Waals surface area contributed by atoms with Crippen molar-refractivity contribution in [2.45, 2.75) is 99.3 Å². The summed E-state index contributed by atoms with van der Waals surface area (Å²) in [5.74, 6) is 0.610. The normalized spacial score (nSPS) is 36.8. The lowest BCUT2D eigenvalue weighted by molar-refractivity contribution is -0.225. The van der Waals surface area contributed by atoms with Gasteiger partial charge in [0.2, 0.25) is 5.91 Å². The number of nitrogens with one attached hydrogen (secondary N) is 2. The van der Waals surface area contributed by atoms with E-state index >= 15 is 0 Å². The van der Waals surface area contributed by atoms with E-state index in [1.54, 1.807) is 36.4 Å². The highest BCUT2D eigenvalue weighted by atomic mass is 16.4. The van der Waals surface area contributed by atoms with Crippen molar-refractivity contribution in [2.24, 2.45) is 56.7 Å². The van der Waals surface area contributed by atoms with Gasteiger partial charge in [0.1, 0.15) is 0 Å². The monoisotopic (exact) mass is 720 g/mol. The van der Waals surface area contributed by atoms with Gasteiger partial charge in [-0.05, 0) is 163 Å². The first-order valence-electron chi connectivity index (χ1n) is 20.0. The molecule has 7 nitrogen and oxygen atoms in total. The van der Waals surface area contributed by atoms with Crippen LogP contribution in [0.5, 0.6) is 0 Å². The molecule has 9 atom stereocenters. The van der Waals surface area contributed by atoms with Crippen molar-refractivity contribution in [1.29, 1.82) is 0 Å². The Morgan fingerprint density at radius 2 is 1.40 bits per heavy atom. The maximum Gasteiger partial charge on any atom is 0.335 e. The Balaban J connectivity index is 1.12. The van der Waals surface area contributed by atoms with E-state index in [0.29, 0.717) is 48.2 Å². The largest absolute Gasteiger partial charge is 0.478 e. The second-order valence-electron chi connectivity index (χ2n) is 18.8. The third kappa shape index (κ3) is 5.69. The number of anilines is 1. The lowest BCUT2D eigenvalue weighted by atomic mass is 9.32. The van der Waals surface area contributed by atoms with Gasteiger partial charge in [0.15, 0.2) is 0 Å². The molecule has 1 amide bonds. The minimum absolute atomic E-state index is 0.0378. The van der Waals surface area contributed by atoms with Crippen molar-refractivity contribution in [3.8, 4) is 0 Å². The van der Waals surface area contributed by atoms with E-state index in [1.165, 1.54) is 30.4 Å². The maximum atomic E-state index is 14.5. The molecular formula is C46H60N2O5. The summed E-state index contributed by atoms with van der Waals surface area (Å²) < 4.78 is 0. The van der Waals surface area contributed by atoms with Gasteiger partial charge in [0, 0.05) is 18.8 Å². The van der Waals surface area contributed by atoms with E-state index in [4.69, 9.17) is 0 Å². The van der Waals surface area contributed by atoms with Crippen LogP contribution in [0.25, 0.3) is 5.57 Å². The molecule has 0 aliphatic heterocycles. The number of rotatable bonds is 9. The van der Waals surface area contributed by atoms with Crippen LogP contribution in [0.4, 0.5) is 5.69 Å². The zero-order valence-electron chi connectivity index (χ0n) is 32.7. The second kappa shape index (κ2) is 13.2. The number of hydrogen-bond acceptors (Lipinski definition) is 4. The van der Waals surface area contributed by atoms with Crippen LogP contribution in [-0.4, -0.2) is 41.1 Å². The van der Waals surface area contributed by atoms with Crippen LogP contribution in [0.1, 0.15) is 126 Å². The molecular weight excluding hydrogens is 661 g/mol. The molecule has 4 saturated carbocycles.